The van der Waals surface area contributed by atoms with Gasteiger partial charge in [-0.05, 0) is 31.5 Å². The highest BCUT2D eigenvalue weighted by atomic mass is 16.5. The van der Waals surface area contributed by atoms with E-state index < -0.39 is 0 Å². The summed E-state index contributed by atoms with van der Waals surface area (Å²) in [5.41, 5.74) is 1.49. The zero-order valence-electron chi connectivity index (χ0n) is 13.1. The van der Waals surface area contributed by atoms with E-state index in [0.717, 1.165) is 23.1 Å². The zero-order valence-corrected chi connectivity index (χ0v) is 13.1. The predicted octanol–water partition coefficient (Wildman–Crippen LogP) is 2.16. The SMILES string of the molecule is COc1ccc2oc(C(=O)NCCCn3cncn3)c(C)c2c1. The predicted molar refractivity (Wildman–Crippen MR) is 84.5 cm³/mol. The van der Waals surface area contributed by atoms with Gasteiger partial charge in [-0.2, -0.15) is 5.10 Å². The van der Waals surface area contributed by atoms with E-state index in [4.69, 9.17) is 9.15 Å². The molecule has 1 aromatic carbocycles. The first-order valence-corrected chi connectivity index (χ1v) is 7.37. The third kappa shape index (κ3) is 3.18. The minimum Gasteiger partial charge on any atom is -0.497 e. The second-order valence-corrected chi connectivity index (χ2v) is 5.19. The first-order valence-electron chi connectivity index (χ1n) is 7.37. The molecule has 3 rings (SSSR count). The number of ether oxygens (including phenoxy) is 1. The van der Waals surface area contributed by atoms with Crippen LogP contribution in [0.25, 0.3) is 11.0 Å². The van der Waals surface area contributed by atoms with Crippen molar-refractivity contribution in [3.63, 3.8) is 0 Å². The Morgan fingerprint density at radius 3 is 3.04 bits per heavy atom. The molecule has 0 spiro atoms. The van der Waals surface area contributed by atoms with E-state index in [2.05, 4.69) is 15.4 Å². The second-order valence-electron chi connectivity index (χ2n) is 5.19. The van der Waals surface area contributed by atoms with Crippen LogP contribution >= 0.6 is 0 Å². The van der Waals surface area contributed by atoms with Crippen molar-refractivity contribution in [3.05, 3.63) is 42.2 Å². The van der Waals surface area contributed by atoms with E-state index in [1.165, 1.54) is 6.33 Å². The lowest BCUT2D eigenvalue weighted by atomic mass is 10.1. The van der Waals surface area contributed by atoms with Gasteiger partial charge in [-0.15, -0.1) is 0 Å². The molecule has 7 nitrogen and oxygen atoms in total. The van der Waals surface area contributed by atoms with E-state index in [-0.39, 0.29) is 5.91 Å². The number of aromatic nitrogens is 3. The molecule has 3 aromatic rings. The topological polar surface area (TPSA) is 82.2 Å². The van der Waals surface area contributed by atoms with Crippen molar-refractivity contribution in [2.24, 2.45) is 0 Å². The minimum atomic E-state index is -0.212. The van der Waals surface area contributed by atoms with E-state index in [9.17, 15) is 4.79 Å². The number of carbonyl (C=O) groups is 1. The molecule has 0 aliphatic heterocycles. The largest absolute Gasteiger partial charge is 0.497 e. The number of benzene rings is 1. The molecule has 23 heavy (non-hydrogen) atoms. The Labute approximate surface area is 133 Å². The Kier molecular flexibility index (Phi) is 4.27. The molecule has 0 atom stereocenters. The fraction of sp³-hybridized carbons (Fsp3) is 0.312. The molecule has 2 heterocycles. The lowest BCUT2D eigenvalue weighted by Gasteiger charge is -2.04. The van der Waals surface area contributed by atoms with Crippen LogP contribution in [0.1, 0.15) is 22.5 Å². The second kappa shape index (κ2) is 6.51. The number of carbonyl (C=O) groups excluding carboxylic acids is 1. The van der Waals surface area contributed by atoms with Crippen LogP contribution in [-0.2, 0) is 6.54 Å². The van der Waals surface area contributed by atoms with Crippen LogP contribution in [0.3, 0.4) is 0 Å². The van der Waals surface area contributed by atoms with E-state index in [1.54, 1.807) is 18.1 Å². The van der Waals surface area contributed by atoms with Gasteiger partial charge in [0, 0.05) is 24.0 Å². The number of nitrogens with one attached hydrogen (secondary N) is 1. The first-order chi connectivity index (χ1) is 11.2. The third-order valence-electron chi connectivity index (χ3n) is 3.67. The Balaban J connectivity index is 1.65. The van der Waals surface area contributed by atoms with Gasteiger partial charge in [-0.3, -0.25) is 9.48 Å². The molecular weight excluding hydrogens is 296 g/mol. The number of furan rings is 1. The van der Waals surface area contributed by atoms with Crippen LogP contribution < -0.4 is 10.1 Å². The number of fused-ring (bicyclic) bond motifs is 1. The molecular formula is C16H18N4O3. The van der Waals surface area contributed by atoms with Crippen molar-refractivity contribution in [1.82, 2.24) is 20.1 Å². The fourth-order valence-corrected chi connectivity index (χ4v) is 2.42. The van der Waals surface area contributed by atoms with Gasteiger partial charge in [0.15, 0.2) is 5.76 Å². The maximum Gasteiger partial charge on any atom is 0.287 e. The van der Waals surface area contributed by atoms with E-state index in [1.807, 2.05) is 25.1 Å². The maximum absolute atomic E-state index is 12.3. The average molecular weight is 314 g/mol. The zero-order chi connectivity index (χ0) is 16.2. The highest BCUT2D eigenvalue weighted by Crippen LogP contribution is 2.28. The van der Waals surface area contributed by atoms with Crippen LogP contribution in [0, 0.1) is 6.92 Å². The normalized spacial score (nSPS) is 10.9. The van der Waals surface area contributed by atoms with Crippen LogP contribution in [0.4, 0.5) is 0 Å². The highest BCUT2D eigenvalue weighted by Gasteiger charge is 2.17. The summed E-state index contributed by atoms with van der Waals surface area (Å²) >= 11 is 0. The van der Waals surface area contributed by atoms with Crippen LogP contribution in [0.2, 0.25) is 0 Å². The van der Waals surface area contributed by atoms with Crippen molar-refractivity contribution in [1.29, 1.82) is 0 Å². The van der Waals surface area contributed by atoms with Crippen molar-refractivity contribution >= 4 is 16.9 Å². The van der Waals surface area contributed by atoms with Gasteiger partial charge in [-0.1, -0.05) is 0 Å². The van der Waals surface area contributed by atoms with Crippen LogP contribution in [0.5, 0.6) is 5.75 Å². The number of aryl methyl sites for hydroxylation is 2. The summed E-state index contributed by atoms with van der Waals surface area (Å²) in [5, 5.41) is 7.77. The Morgan fingerprint density at radius 1 is 1.43 bits per heavy atom. The number of hydrogen-bond donors (Lipinski definition) is 1. The summed E-state index contributed by atoms with van der Waals surface area (Å²) in [7, 11) is 1.61. The molecule has 2 aromatic heterocycles. The number of rotatable bonds is 6. The molecule has 1 N–H and O–H groups in total. The summed E-state index contributed by atoms with van der Waals surface area (Å²) in [6.07, 6.45) is 3.91. The highest BCUT2D eigenvalue weighted by molar-refractivity contribution is 5.99. The molecule has 0 unspecified atom stereocenters. The molecule has 0 saturated heterocycles. The standard InChI is InChI=1S/C16H18N4O3/c1-11-13-8-12(22-2)4-5-14(13)23-15(11)16(21)18-6-3-7-20-10-17-9-19-20/h4-5,8-10H,3,6-7H2,1-2H3,(H,18,21). The van der Waals surface area contributed by atoms with Crippen molar-refractivity contribution in [2.45, 2.75) is 19.9 Å². The molecule has 0 fully saturated rings. The molecule has 0 saturated carbocycles. The number of methoxy groups -OCH3 is 1. The van der Waals surface area contributed by atoms with Crippen LogP contribution in [-0.4, -0.2) is 34.3 Å². The van der Waals surface area contributed by atoms with Gasteiger partial charge < -0.3 is 14.5 Å². The monoisotopic (exact) mass is 314 g/mol. The van der Waals surface area contributed by atoms with Crippen LogP contribution in [0.15, 0.2) is 35.3 Å². The number of amides is 1. The molecule has 1 amide bonds. The smallest absolute Gasteiger partial charge is 0.287 e. The molecule has 0 radical (unpaired) electrons. The Bertz CT molecular complexity index is 808. The van der Waals surface area contributed by atoms with E-state index >= 15 is 0 Å². The molecule has 0 bridgehead atoms. The summed E-state index contributed by atoms with van der Waals surface area (Å²) in [5.74, 6) is 0.867. The fourth-order valence-electron chi connectivity index (χ4n) is 2.42. The molecule has 7 heteroatoms. The average Bonchev–Trinajstić information content (AvgIpc) is 3.19. The van der Waals surface area contributed by atoms with Gasteiger partial charge in [0.2, 0.25) is 0 Å². The summed E-state index contributed by atoms with van der Waals surface area (Å²) in [4.78, 5) is 16.2. The van der Waals surface area contributed by atoms with Crippen molar-refractivity contribution in [2.75, 3.05) is 13.7 Å². The van der Waals surface area contributed by atoms with Crippen molar-refractivity contribution < 1.29 is 13.9 Å². The summed E-state index contributed by atoms with van der Waals surface area (Å²) in [6, 6.07) is 5.49. The van der Waals surface area contributed by atoms with E-state index in [0.29, 0.717) is 24.4 Å². The van der Waals surface area contributed by atoms with Gasteiger partial charge in [-0.25, -0.2) is 4.98 Å². The lowest BCUT2D eigenvalue weighted by molar-refractivity contribution is 0.0926. The summed E-state index contributed by atoms with van der Waals surface area (Å²) in [6.45, 7) is 3.12. The first kappa shape index (κ1) is 15.1. The van der Waals surface area contributed by atoms with Crippen molar-refractivity contribution in [3.8, 4) is 5.75 Å². The molecule has 120 valence electrons. The van der Waals surface area contributed by atoms with Gasteiger partial charge in [0.25, 0.3) is 5.91 Å². The van der Waals surface area contributed by atoms with Gasteiger partial charge in [0.05, 0.1) is 7.11 Å². The quantitative estimate of drug-likeness (QED) is 0.705. The van der Waals surface area contributed by atoms with Gasteiger partial charge >= 0.3 is 0 Å². The minimum absolute atomic E-state index is 0.212. The molecule has 0 aliphatic rings. The number of hydrogen-bond acceptors (Lipinski definition) is 5. The Hall–Kier alpha value is -2.83. The number of nitrogens with zero attached hydrogens (tertiary/aromatic N) is 3. The third-order valence-corrected chi connectivity index (χ3v) is 3.67. The molecule has 0 aliphatic carbocycles. The lowest BCUT2D eigenvalue weighted by Crippen LogP contribution is -2.25. The van der Waals surface area contributed by atoms with Gasteiger partial charge in [0.1, 0.15) is 24.0 Å². The Morgan fingerprint density at radius 2 is 2.30 bits per heavy atom. The summed E-state index contributed by atoms with van der Waals surface area (Å²) < 4.78 is 12.6. The maximum atomic E-state index is 12.3.